The highest BCUT2D eigenvalue weighted by atomic mass is 35.5. The fraction of sp³-hybridized carbons (Fsp3) is 0.643. The van der Waals surface area contributed by atoms with E-state index in [-0.39, 0.29) is 17.1 Å². The second-order valence-electron chi connectivity index (χ2n) is 11.2. The van der Waals surface area contributed by atoms with Gasteiger partial charge in [0.25, 0.3) is 0 Å². The molecule has 202 valence electrons. The third-order valence-electron chi connectivity index (χ3n) is 8.07. The first-order valence-corrected chi connectivity index (χ1v) is 13.9. The molecule has 7 nitrogen and oxygen atoms in total. The first-order valence-electron chi connectivity index (χ1n) is 13.5. The maximum absolute atomic E-state index is 14.6. The fourth-order valence-corrected chi connectivity index (χ4v) is 5.82. The standard InChI is InChI=1S/C28H38ClFN4O3/c1-27(9-11-35-12-10-27)18-32-26-24(30)7-8-25(33-26)22-16-21(31-17-23(22)29)15-19-3-5-20(6-4-19)34-28(2)36-13-14-37-28/h7-8,16-17,19-20,34H,3-6,9-15,18H2,1-2H3,(H,32,33). The molecule has 5 rings (SSSR count). The molecule has 3 aliphatic rings. The van der Waals surface area contributed by atoms with Crippen molar-refractivity contribution < 1.29 is 18.6 Å². The topological polar surface area (TPSA) is 77.5 Å². The minimum atomic E-state index is -0.650. The molecule has 3 fully saturated rings. The summed E-state index contributed by atoms with van der Waals surface area (Å²) >= 11 is 6.54. The van der Waals surface area contributed by atoms with Crippen molar-refractivity contribution in [2.45, 2.75) is 70.7 Å². The van der Waals surface area contributed by atoms with E-state index in [1.54, 1.807) is 12.3 Å². The van der Waals surface area contributed by atoms with Gasteiger partial charge in [0.05, 0.1) is 23.9 Å². The van der Waals surface area contributed by atoms with Crippen LogP contribution in [0, 0.1) is 17.2 Å². The number of pyridine rings is 2. The van der Waals surface area contributed by atoms with Gasteiger partial charge in [-0.1, -0.05) is 18.5 Å². The quantitative estimate of drug-likeness (QED) is 0.460. The number of hydrogen-bond donors (Lipinski definition) is 2. The van der Waals surface area contributed by atoms with Crippen LogP contribution >= 0.6 is 11.6 Å². The van der Waals surface area contributed by atoms with Crippen molar-refractivity contribution in [3.05, 3.63) is 40.9 Å². The normalized spacial score (nSPS) is 25.2. The van der Waals surface area contributed by atoms with Gasteiger partial charge in [0, 0.05) is 50.2 Å². The van der Waals surface area contributed by atoms with Crippen molar-refractivity contribution in [3.63, 3.8) is 0 Å². The van der Waals surface area contributed by atoms with Gasteiger partial charge in [-0.05, 0) is 74.5 Å². The van der Waals surface area contributed by atoms with E-state index in [4.69, 9.17) is 25.8 Å². The Hall–Kier alpha value is -1.84. The molecular weight excluding hydrogens is 495 g/mol. The van der Waals surface area contributed by atoms with Crippen LogP contribution in [-0.2, 0) is 20.6 Å². The average Bonchev–Trinajstić information content (AvgIpc) is 3.32. The third kappa shape index (κ3) is 6.79. The van der Waals surface area contributed by atoms with Crippen LogP contribution < -0.4 is 10.6 Å². The Kier molecular flexibility index (Phi) is 8.31. The lowest BCUT2D eigenvalue weighted by molar-refractivity contribution is -0.174. The van der Waals surface area contributed by atoms with E-state index in [9.17, 15) is 4.39 Å². The Morgan fingerprint density at radius 3 is 2.51 bits per heavy atom. The van der Waals surface area contributed by atoms with Crippen LogP contribution in [0.15, 0.2) is 24.4 Å². The number of halogens is 2. The second-order valence-corrected chi connectivity index (χ2v) is 11.6. The SMILES string of the molecule is CC1(CNc2nc(-c3cc(CC4CCC(NC5(C)OCCO5)CC4)ncc3Cl)ccc2F)CCOCC1. The number of nitrogens with zero attached hydrogens (tertiary/aromatic N) is 2. The van der Waals surface area contributed by atoms with Gasteiger partial charge < -0.3 is 19.5 Å². The van der Waals surface area contributed by atoms with Crippen molar-refractivity contribution in [2.75, 3.05) is 38.3 Å². The molecule has 4 heterocycles. The Morgan fingerprint density at radius 1 is 1.05 bits per heavy atom. The van der Waals surface area contributed by atoms with Gasteiger partial charge in [-0.3, -0.25) is 10.3 Å². The molecule has 2 aliphatic heterocycles. The highest BCUT2D eigenvalue weighted by molar-refractivity contribution is 6.33. The van der Waals surface area contributed by atoms with Crippen molar-refractivity contribution in [1.82, 2.24) is 15.3 Å². The minimum Gasteiger partial charge on any atom is -0.381 e. The first kappa shape index (κ1) is 26.8. The van der Waals surface area contributed by atoms with E-state index in [2.05, 4.69) is 27.5 Å². The minimum absolute atomic E-state index is 0.0627. The summed E-state index contributed by atoms with van der Waals surface area (Å²) in [7, 11) is 0. The summed E-state index contributed by atoms with van der Waals surface area (Å²) in [6.07, 6.45) is 8.84. The zero-order valence-electron chi connectivity index (χ0n) is 21.8. The van der Waals surface area contributed by atoms with Crippen LogP contribution in [-0.4, -0.2) is 54.9 Å². The molecule has 37 heavy (non-hydrogen) atoms. The zero-order chi connectivity index (χ0) is 25.9. The highest BCUT2D eigenvalue weighted by Gasteiger charge is 2.34. The van der Waals surface area contributed by atoms with Crippen LogP contribution in [0.2, 0.25) is 5.02 Å². The molecule has 0 unspecified atom stereocenters. The monoisotopic (exact) mass is 532 g/mol. The molecule has 2 aromatic heterocycles. The summed E-state index contributed by atoms with van der Waals surface area (Å²) in [6, 6.07) is 5.55. The van der Waals surface area contributed by atoms with Gasteiger partial charge in [0.15, 0.2) is 11.6 Å². The van der Waals surface area contributed by atoms with Gasteiger partial charge in [0.1, 0.15) is 0 Å². The average molecular weight is 533 g/mol. The maximum atomic E-state index is 14.6. The summed E-state index contributed by atoms with van der Waals surface area (Å²) in [5, 5.41) is 7.29. The zero-order valence-corrected chi connectivity index (χ0v) is 22.6. The summed E-state index contributed by atoms with van der Waals surface area (Å²) in [5.41, 5.74) is 2.48. The molecule has 0 spiro atoms. The molecular formula is C28H38ClFN4O3. The maximum Gasteiger partial charge on any atom is 0.224 e. The predicted molar refractivity (Wildman–Crippen MR) is 142 cm³/mol. The number of anilines is 1. The summed E-state index contributed by atoms with van der Waals surface area (Å²) < 4.78 is 31.5. The molecule has 2 saturated heterocycles. The van der Waals surface area contributed by atoms with Crippen molar-refractivity contribution >= 4 is 17.4 Å². The van der Waals surface area contributed by atoms with Crippen LogP contribution in [0.1, 0.15) is 58.1 Å². The fourth-order valence-electron chi connectivity index (χ4n) is 5.62. The highest BCUT2D eigenvalue weighted by Crippen LogP contribution is 2.34. The molecule has 0 aromatic carbocycles. The number of aromatic nitrogens is 2. The van der Waals surface area contributed by atoms with Gasteiger partial charge in [-0.2, -0.15) is 0 Å². The summed E-state index contributed by atoms with van der Waals surface area (Å²) in [6.45, 7) is 7.57. The number of ether oxygens (including phenoxy) is 3. The van der Waals surface area contributed by atoms with E-state index in [0.29, 0.717) is 42.4 Å². The molecule has 0 atom stereocenters. The molecule has 2 N–H and O–H groups in total. The lowest BCUT2D eigenvalue weighted by Gasteiger charge is -2.34. The number of hydrogen-bond acceptors (Lipinski definition) is 7. The summed E-state index contributed by atoms with van der Waals surface area (Å²) in [5.74, 6) is -0.203. The van der Waals surface area contributed by atoms with Gasteiger partial charge in [0.2, 0.25) is 5.91 Å². The van der Waals surface area contributed by atoms with E-state index >= 15 is 0 Å². The van der Waals surface area contributed by atoms with Crippen LogP contribution in [0.5, 0.6) is 0 Å². The van der Waals surface area contributed by atoms with Gasteiger partial charge >= 0.3 is 0 Å². The Labute approximate surface area is 223 Å². The Morgan fingerprint density at radius 2 is 1.78 bits per heavy atom. The van der Waals surface area contributed by atoms with Gasteiger partial charge in [-0.15, -0.1) is 0 Å². The second kappa shape index (κ2) is 11.5. The molecule has 1 saturated carbocycles. The molecule has 2 aromatic rings. The smallest absolute Gasteiger partial charge is 0.224 e. The Balaban J connectivity index is 1.22. The largest absolute Gasteiger partial charge is 0.381 e. The van der Waals surface area contributed by atoms with Gasteiger partial charge in [-0.25, -0.2) is 9.37 Å². The Bertz CT molecular complexity index is 1070. The summed E-state index contributed by atoms with van der Waals surface area (Å²) in [4.78, 5) is 9.21. The number of rotatable bonds is 8. The van der Waals surface area contributed by atoms with Crippen molar-refractivity contribution in [1.29, 1.82) is 0 Å². The molecule has 0 amide bonds. The lowest BCUT2D eigenvalue weighted by Crippen LogP contribution is -2.50. The van der Waals surface area contributed by atoms with Crippen molar-refractivity contribution in [2.24, 2.45) is 11.3 Å². The van der Waals surface area contributed by atoms with E-state index in [0.717, 1.165) is 69.4 Å². The molecule has 0 radical (unpaired) electrons. The molecule has 1 aliphatic carbocycles. The van der Waals surface area contributed by atoms with Crippen LogP contribution in [0.25, 0.3) is 11.3 Å². The lowest BCUT2D eigenvalue weighted by atomic mass is 9.82. The number of nitrogens with one attached hydrogen (secondary N) is 2. The van der Waals surface area contributed by atoms with E-state index in [1.807, 2.05) is 13.0 Å². The predicted octanol–water partition coefficient (Wildman–Crippen LogP) is 5.58. The third-order valence-corrected chi connectivity index (χ3v) is 8.37. The van der Waals surface area contributed by atoms with Crippen LogP contribution in [0.3, 0.4) is 0 Å². The van der Waals surface area contributed by atoms with Crippen LogP contribution in [0.4, 0.5) is 10.2 Å². The van der Waals surface area contributed by atoms with E-state index < -0.39 is 5.91 Å². The van der Waals surface area contributed by atoms with Crippen molar-refractivity contribution in [3.8, 4) is 11.3 Å². The molecule has 9 heteroatoms. The van der Waals surface area contributed by atoms with E-state index in [1.165, 1.54) is 6.07 Å². The first-order chi connectivity index (χ1) is 17.8. The molecule has 0 bridgehead atoms.